The molecule has 1 aromatic rings. The maximum Gasteiger partial charge on any atom is 0.244 e. The van der Waals surface area contributed by atoms with Gasteiger partial charge in [0.05, 0.1) is 6.04 Å². The van der Waals surface area contributed by atoms with Gasteiger partial charge >= 0.3 is 0 Å². The molecule has 4 heteroatoms. The Bertz CT molecular complexity index is 557. The Kier molecular flexibility index (Phi) is 3.06. The number of amidine groups is 1. The van der Waals surface area contributed by atoms with Gasteiger partial charge in [-0.05, 0) is 36.7 Å². The van der Waals surface area contributed by atoms with E-state index in [9.17, 15) is 4.79 Å². The molecule has 2 bridgehead atoms. The predicted molar refractivity (Wildman–Crippen MR) is 81.6 cm³/mol. The van der Waals surface area contributed by atoms with Crippen LogP contribution in [0.1, 0.15) is 36.5 Å². The lowest BCUT2D eigenvalue weighted by Gasteiger charge is -2.17. The van der Waals surface area contributed by atoms with Crippen LogP contribution in [0.15, 0.2) is 35.3 Å². The number of thioether (sulfide) groups is 1. The summed E-state index contributed by atoms with van der Waals surface area (Å²) in [6.45, 7) is 0. The Morgan fingerprint density at radius 3 is 2.70 bits per heavy atom. The lowest BCUT2D eigenvalue weighted by atomic mass is 9.96. The molecule has 2 saturated carbocycles. The molecule has 4 rings (SSSR count). The minimum absolute atomic E-state index is 0.0723. The number of nitrogens with one attached hydrogen (secondary N) is 1. The minimum atomic E-state index is -0.131. The van der Waals surface area contributed by atoms with Gasteiger partial charge in [-0.3, -0.25) is 9.79 Å². The van der Waals surface area contributed by atoms with Crippen LogP contribution in [0.5, 0.6) is 0 Å². The van der Waals surface area contributed by atoms with Crippen LogP contribution < -0.4 is 5.32 Å². The van der Waals surface area contributed by atoms with E-state index in [0.29, 0.717) is 6.04 Å². The quantitative estimate of drug-likeness (QED) is 0.907. The van der Waals surface area contributed by atoms with Crippen molar-refractivity contribution in [3.63, 3.8) is 0 Å². The number of fused-ring (bicyclic) bond motifs is 2. The fraction of sp³-hybridized carbons (Fsp3) is 0.500. The standard InChI is InChI=1S/C16H18N2OS/c19-15-14(11-4-2-1-3-5-11)20-16(18-15)17-13-9-10-6-7-12(13)8-10/h1-5,10,12-14H,6-9H2,(H,17,18,19)/t10-,12+,13-,14?/m0/s1. The number of hydrogen-bond acceptors (Lipinski definition) is 3. The van der Waals surface area contributed by atoms with Gasteiger partial charge in [0, 0.05) is 0 Å². The summed E-state index contributed by atoms with van der Waals surface area (Å²) in [5.74, 6) is 1.73. The van der Waals surface area contributed by atoms with E-state index in [2.05, 4.69) is 5.32 Å². The lowest BCUT2D eigenvalue weighted by molar-refractivity contribution is -0.118. The normalized spacial score (nSPS) is 37.6. The zero-order valence-corrected chi connectivity index (χ0v) is 12.1. The molecule has 1 aliphatic heterocycles. The molecular formula is C16H18N2OS. The van der Waals surface area contributed by atoms with E-state index in [4.69, 9.17) is 4.99 Å². The van der Waals surface area contributed by atoms with Crippen molar-refractivity contribution in [3.05, 3.63) is 35.9 Å². The van der Waals surface area contributed by atoms with E-state index in [1.54, 1.807) is 11.8 Å². The number of benzene rings is 1. The number of aliphatic imine (C=N–C) groups is 1. The van der Waals surface area contributed by atoms with Gasteiger partial charge in [0.2, 0.25) is 5.91 Å². The summed E-state index contributed by atoms with van der Waals surface area (Å²) in [5, 5.41) is 3.67. The number of rotatable bonds is 2. The molecule has 1 unspecified atom stereocenters. The summed E-state index contributed by atoms with van der Waals surface area (Å²) in [4.78, 5) is 16.9. The molecule has 4 atom stereocenters. The molecule has 1 N–H and O–H groups in total. The molecule has 20 heavy (non-hydrogen) atoms. The van der Waals surface area contributed by atoms with Gasteiger partial charge in [-0.1, -0.05) is 48.5 Å². The van der Waals surface area contributed by atoms with Crippen LogP contribution in [0.2, 0.25) is 0 Å². The summed E-state index contributed by atoms with van der Waals surface area (Å²) >= 11 is 1.58. The number of amides is 1. The fourth-order valence-electron chi connectivity index (χ4n) is 3.80. The van der Waals surface area contributed by atoms with Crippen LogP contribution in [0.4, 0.5) is 0 Å². The second-order valence-electron chi connectivity index (χ2n) is 6.07. The van der Waals surface area contributed by atoms with Gasteiger partial charge in [0.15, 0.2) is 5.17 Å². The SMILES string of the molecule is O=C1NC(=N[C@H]2C[C@H]3CC[C@@H]2C3)SC1c1ccccc1. The predicted octanol–water partition coefficient (Wildman–Crippen LogP) is 3.14. The van der Waals surface area contributed by atoms with Crippen LogP contribution in [0.3, 0.4) is 0 Å². The first kappa shape index (κ1) is 12.5. The molecule has 1 saturated heterocycles. The Hall–Kier alpha value is -1.29. The van der Waals surface area contributed by atoms with Gasteiger partial charge in [-0.15, -0.1) is 0 Å². The highest BCUT2D eigenvalue weighted by Gasteiger charge is 2.40. The highest BCUT2D eigenvalue weighted by atomic mass is 32.2. The van der Waals surface area contributed by atoms with Crippen LogP contribution in [-0.4, -0.2) is 17.1 Å². The Balaban J connectivity index is 1.51. The first-order chi connectivity index (χ1) is 9.79. The molecule has 3 aliphatic rings. The average Bonchev–Trinajstić information content (AvgIpc) is 3.16. The number of hydrogen-bond donors (Lipinski definition) is 1. The number of carbonyl (C=O) groups excluding carboxylic acids is 1. The molecule has 1 aromatic carbocycles. The van der Waals surface area contributed by atoms with Crippen LogP contribution in [0, 0.1) is 11.8 Å². The van der Waals surface area contributed by atoms with Gasteiger partial charge in [-0.25, -0.2) is 0 Å². The summed E-state index contributed by atoms with van der Waals surface area (Å²) in [6, 6.07) is 10.4. The third-order valence-electron chi connectivity index (χ3n) is 4.78. The average molecular weight is 286 g/mol. The largest absolute Gasteiger partial charge is 0.304 e. The fourth-order valence-corrected chi connectivity index (χ4v) is 4.83. The molecule has 1 amide bonds. The highest BCUT2D eigenvalue weighted by Crippen LogP contribution is 2.46. The van der Waals surface area contributed by atoms with E-state index in [0.717, 1.165) is 22.6 Å². The third kappa shape index (κ3) is 2.16. The second-order valence-corrected chi connectivity index (χ2v) is 7.17. The smallest absolute Gasteiger partial charge is 0.244 e. The maximum absolute atomic E-state index is 12.1. The highest BCUT2D eigenvalue weighted by molar-refractivity contribution is 8.15. The molecule has 0 aromatic heterocycles. The van der Waals surface area contributed by atoms with Gasteiger partial charge < -0.3 is 5.32 Å². The van der Waals surface area contributed by atoms with Crippen molar-refractivity contribution in [2.75, 3.05) is 0 Å². The minimum Gasteiger partial charge on any atom is -0.304 e. The van der Waals surface area contributed by atoms with Crippen molar-refractivity contribution < 1.29 is 4.79 Å². The zero-order chi connectivity index (χ0) is 13.5. The Labute approximate surface area is 123 Å². The van der Waals surface area contributed by atoms with Crippen molar-refractivity contribution in [3.8, 4) is 0 Å². The van der Waals surface area contributed by atoms with E-state index in [1.165, 1.54) is 25.7 Å². The zero-order valence-electron chi connectivity index (χ0n) is 11.3. The van der Waals surface area contributed by atoms with Crippen molar-refractivity contribution in [1.82, 2.24) is 5.32 Å². The first-order valence-electron chi connectivity index (χ1n) is 7.40. The molecule has 3 nitrogen and oxygen atoms in total. The molecule has 3 fully saturated rings. The van der Waals surface area contributed by atoms with Gasteiger partial charge in [-0.2, -0.15) is 0 Å². The molecular weight excluding hydrogens is 268 g/mol. The van der Waals surface area contributed by atoms with E-state index >= 15 is 0 Å². The maximum atomic E-state index is 12.1. The summed E-state index contributed by atoms with van der Waals surface area (Å²) < 4.78 is 0. The summed E-state index contributed by atoms with van der Waals surface area (Å²) in [6.07, 6.45) is 5.29. The van der Waals surface area contributed by atoms with Crippen LogP contribution in [-0.2, 0) is 4.79 Å². The Morgan fingerprint density at radius 1 is 1.15 bits per heavy atom. The summed E-state index contributed by atoms with van der Waals surface area (Å²) in [5.41, 5.74) is 1.06. The molecule has 0 spiro atoms. The van der Waals surface area contributed by atoms with Gasteiger partial charge in [0.1, 0.15) is 5.25 Å². The van der Waals surface area contributed by atoms with Crippen LogP contribution >= 0.6 is 11.8 Å². The number of nitrogens with zero attached hydrogens (tertiary/aromatic N) is 1. The van der Waals surface area contributed by atoms with Crippen LogP contribution in [0.25, 0.3) is 0 Å². The molecule has 104 valence electrons. The monoisotopic (exact) mass is 286 g/mol. The Morgan fingerprint density at radius 2 is 2.00 bits per heavy atom. The molecule has 2 aliphatic carbocycles. The molecule has 0 radical (unpaired) electrons. The van der Waals surface area contributed by atoms with Gasteiger partial charge in [0.25, 0.3) is 0 Å². The van der Waals surface area contributed by atoms with Crippen molar-refractivity contribution in [1.29, 1.82) is 0 Å². The first-order valence-corrected chi connectivity index (χ1v) is 8.28. The van der Waals surface area contributed by atoms with E-state index < -0.39 is 0 Å². The topological polar surface area (TPSA) is 41.5 Å². The van der Waals surface area contributed by atoms with Crippen molar-refractivity contribution in [2.45, 2.75) is 37.0 Å². The van der Waals surface area contributed by atoms with E-state index in [1.807, 2.05) is 30.3 Å². The molecule has 1 heterocycles. The van der Waals surface area contributed by atoms with Crippen molar-refractivity contribution >= 4 is 22.8 Å². The van der Waals surface area contributed by atoms with E-state index in [-0.39, 0.29) is 11.2 Å². The number of carbonyl (C=O) groups is 1. The third-order valence-corrected chi connectivity index (χ3v) is 5.94. The summed E-state index contributed by atoms with van der Waals surface area (Å²) in [7, 11) is 0. The second kappa shape index (κ2) is 4.92. The van der Waals surface area contributed by atoms with Crippen molar-refractivity contribution in [2.24, 2.45) is 16.8 Å². The lowest BCUT2D eigenvalue weighted by Crippen LogP contribution is -2.24.